The molecule has 1 aliphatic rings. The minimum Gasteiger partial charge on any atom is -0.462 e. The molecule has 1 aromatic carbocycles. The van der Waals surface area contributed by atoms with E-state index < -0.39 is 23.2 Å². The van der Waals surface area contributed by atoms with Crippen LogP contribution in [0.1, 0.15) is 61.5 Å². The molecule has 1 heterocycles. The zero-order valence-electron chi connectivity index (χ0n) is 16.1. The van der Waals surface area contributed by atoms with Crippen LogP contribution >= 0.6 is 0 Å². The summed E-state index contributed by atoms with van der Waals surface area (Å²) in [5, 5.41) is 3.21. The summed E-state index contributed by atoms with van der Waals surface area (Å²) in [5.74, 6) is -0.183. The van der Waals surface area contributed by atoms with Crippen LogP contribution in [0.25, 0.3) is 0 Å². The standard InChI is InChI=1S/C18H18F3N3O2.C2H6/c1-2-26-15(25)12-10-22-16(23-11-12)24-17(8-3-9-17)13-4-6-14(7-5-13)18(19,20)21;1-2/h4-7,10-11H,2-3,8-9H2,1H3,(H,22,23,24);1-2H3. The Balaban J connectivity index is 0.00000136. The van der Waals surface area contributed by atoms with Gasteiger partial charge in [0, 0.05) is 12.4 Å². The smallest absolute Gasteiger partial charge is 0.416 e. The minimum absolute atomic E-state index is 0.245. The number of hydrogen-bond donors (Lipinski definition) is 1. The van der Waals surface area contributed by atoms with E-state index >= 15 is 0 Å². The molecule has 0 radical (unpaired) electrons. The number of ether oxygens (including phenoxy) is 1. The van der Waals surface area contributed by atoms with Crippen molar-refractivity contribution in [1.82, 2.24) is 9.97 Å². The van der Waals surface area contributed by atoms with E-state index in [1.54, 1.807) is 6.92 Å². The molecule has 28 heavy (non-hydrogen) atoms. The van der Waals surface area contributed by atoms with Gasteiger partial charge >= 0.3 is 12.1 Å². The van der Waals surface area contributed by atoms with E-state index in [-0.39, 0.29) is 12.2 Å². The molecule has 0 bridgehead atoms. The van der Waals surface area contributed by atoms with Crippen molar-refractivity contribution in [2.75, 3.05) is 11.9 Å². The Morgan fingerprint density at radius 2 is 1.71 bits per heavy atom. The van der Waals surface area contributed by atoms with Crippen LogP contribution in [0.5, 0.6) is 0 Å². The minimum atomic E-state index is -4.36. The Kier molecular flexibility index (Phi) is 6.99. The first-order valence-corrected chi connectivity index (χ1v) is 9.29. The zero-order chi connectivity index (χ0) is 20.8. The van der Waals surface area contributed by atoms with Crippen molar-refractivity contribution >= 4 is 11.9 Å². The van der Waals surface area contributed by atoms with Gasteiger partial charge in [-0.1, -0.05) is 26.0 Å². The lowest BCUT2D eigenvalue weighted by Crippen LogP contribution is -2.42. The van der Waals surface area contributed by atoms with Crippen molar-refractivity contribution < 1.29 is 22.7 Å². The van der Waals surface area contributed by atoms with Crippen molar-refractivity contribution in [1.29, 1.82) is 0 Å². The molecule has 0 spiro atoms. The number of carbonyl (C=O) groups is 1. The van der Waals surface area contributed by atoms with E-state index in [9.17, 15) is 18.0 Å². The van der Waals surface area contributed by atoms with E-state index in [0.717, 1.165) is 37.0 Å². The first-order chi connectivity index (χ1) is 13.3. The summed E-state index contributed by atoms with van der Waals surface area (Å²) in [6, 6.07) is 5.15. The monoisotopic (exact) mass is 395 g/mol. The summed E-state index contributed by atoms with van der Waals surface area (Å²) in [7, 11) is 0. The van der Waals surface area contributed by atoms with Crippen molar-refractivity contribution in [3.63, 3.8) is 0 Å². The molecular weight excluding hydrogens is 371 g/mol. The molecular formula is C20H24F3N3O2. The first kappa shape index (κ1) is 21.7. The fourth-order valence-corrected chi connectivity index (χ4v) is 2.92. The van der Waals surface area contributed by atoms with Gasteiger partial charge in [-0.3, -0.25) is 0 Å². The van der Waals surface area contributed by atoms with Crippen LogP contribution in [-0.2, 0) is 16.5 Å². The van der Waals surface area contributed by atoms with Crippen LogP contribution in [0.4, 0.5) is 19.1 Å². The molecule has 0 aliphatic heterocycles. The van der Waals surface area contributed by atoms with Gasteiger partial charge in [-0.15, -0.1) is 0 Å². The molecule has 152 valence electrons. The predicted octanol–water partition coefficient (Wildman–Crippen LogP) is 5.19. The van der Waals surface area contributed by atoms with Gasteiger partial charge in [-0.05, 0) is 43.9 Å². The zero-order valence-corrected chi connectivity index (χ0v) is 16.1. The van der Waals surface area contributed by atoms with Gasteiger partial charge in [0.2, 0.25) is 5.95 Å². The highest BCUT2D eigenvalue weighted by atomic mass is 19.4. The van der Waals surface area contributed by atoms with Crippen LogP contribution in [0.2, 0.25) is 0 Å². The molecule has 3 rings (SSSR count). The third kappa shape index (κ3) is 4.79. The van der Waals surface area contributed by atoms with Gasteiger partial charge in [0.25, 0.3) is 0 Å². The second-order valence-corrected chi connectivity index (χ2v) is 6.15. The number of aromatic nitrogens is 2. The Labute approximate surface area is 162 Å². The second-order valence-electron chi connectivity index (χ2n) is 6.15. The molecule has 0 unspecified atom stereocenters. The van der Waals surface area contributed by atoms with Crippen LogP contribution in [0, 0.1) is 0 Å². The summed E-state index contributed by atoms with van der Waals surface area (Å²) in [4.78, 5) is 19.9. The number of alkyl halides is 3. The van der Waals surface area contributed by atoms with Gasteiger partial charge in [-0.25, -0.2) is 14.8 Å². The van der Waals surface area contributed by atoms with Crippen LogP contribution in [0.15, 0.2) is 36.7 Å². The predicted molar refractivity (Wildman–Crippen MR) is 99.9 cm³/mol. The van der Waals surface area contributed by atoms with Crippen LogP contribution < -0.4 is 5.32 Å². The number of esters is 1. The van der Waals surface area contributed by atoms with Crippen LogP contribution in [0.3, 0.4) is 0 Å². The normalized spacial score (nSPS) is 14.9. The summed E-state index contributed by atoms with van der Waals surface area (Å²) < 4.78 is 43.1. The molecule has 1 N–H and O–H groups in total. The van der Waals surface area contributed by atoms with Gasteiger partial charge in [0.05, 0.1) is 23.3 Å². The van der Waals surface area contributed by atoms with Gasteiger partial charge in [0.1, 0.15) is 0 Å². The fraction of sp³-hybridized carbons (Fsp3) is 0.450. The summed E-state index contributed by atoms with van der Waals surface area (Å²) in [6.07, 6.45) is 0.862. The second kappa shape index (κ2) is 9.03. The molecule has 1 fully saturated rings. The fourth-order valence-electron chi connectivity index (χ4n) is 2.92. The van der Waals surface area contributed by atoms with Gasteiger partial charge in [-0.2, -0.15) is 13.2 Å². The Morgan fingerprint density at radius 1 is 1.14 bits per heavy atom. The lowest BCUT2D eigenvalue weighted by atomic mass is 9.71. The quantitative estimate of drug-likeness (QED) is 0.706. The maximum absolute atomic E-state index is 12.7. The molecule has 0 amide bonds. The van der Waals surface area contributed by atoms with Crippen molar-refractivity contribution in [3.8, 4) is 0 Å². The third-order valence-electron chi connectivity index (χ3n) is 4.49. The maximum atomic E-state index is 12.7. The van der Waals surface area contributed by atoms with E-state index in [2.05, 4.69) is 15.3 Å². The summed E-state index contributed by atoms with van der Waals surface area (Å²) in [6.45, 7) is 5.97. The third-order valence-corrected chi connectivity index (χ3v) is 4.49. The molecule has 8 heteroatoms. The van der Waals surface area contributed by atoms with Crippen molar-refractivity contribution in [2.45, 2.75) is 51.7 Å². The van der Waals surface area contributed by atoms with E-state index in [4.69, 9.17) is 4.74 Å². The number of rotatable bonds is 5. The highest BCUT2D eigenvalue weighted by Gasteiger charge is 2.40. The molecule has 1 aliphatic carbocycles. The summed E-state index contributed by atoms with van der Waals surface area (Å²) in [5.41, 5.74) is -0.162. The van der Waals surface area contributed by atoms with Crippen LogP contribution in [-0.4, -0.2) is 22.5 Å². The number of nitrogens with zero attached hydrogens (tertiary/aromatic N) is 2. The van der Waals surface area contributed by atoms with Gasteiger partial charge < -0.3 is 10.1 Å². The number of carbonyl (C=O) groups excluding carboxylic acids is 1. The Bertz CT molecular complexity index is 771. The summed E-state index contributed by atoms with van der Waals surface area (Å²) >= 11 is 0. The number of hydrogen-bond acceptors (Lipinski definition) is 5. The molecule has 5 nitrogen and oxygen atoms in total. The molecule has 0 saturated heterocycles. The highest BCUT2D eigenvalue weighted by molar-refractivity contribution is 5.88. The Hall–Kier alpha value is -2.64. The average Bonchev–Trinajstić information content (AvgIpc) is 2.66. The lowest BCUT2D eigenvalue weighted by molar-refractivity contribution is -0.137. The average molecular weight is 395 g/mol. The number of anilines is 1. The van der Waals surface area contributed by atoms with Gasteiger partial charge in [0.15, 0.2) is 0 Å². The number of nitrogens with one attached hydrogen (secondary N) is 1. The largest absolute Gasteiger partial charge is 0.462 e. The molecule has 2 aromatic rings. The van der Waals surface area contributed by atoms with E-state index in [1.807, 2.05) is 13.8 Å². The topological polar surface area (TPSA) is 64.1 Å². The first-order valence-electron chi connectivity index (χ1n) is 9.29. The lowest BCUT2D eigenvalue weighted by Gasteiger charge is -2.43. The maximum Gasteiger partial charge on any atom is 0.416 e. The molecule has 1 aromatic heterocycles. The number of halogens is 3. The molecule has 0 atom stereocenters. The SMILES string of the molecule is CC.CCOC(=O)c1cnc(NC2(c3ccc(C(F)(F)F)cc3)CCC2)nc1. The van der Waals surface area contributed by atoms with Crippen molar-refractivity contribution in [3.05, 3.63) is 53.3 Å². The van der Waals surface area contributed by atoms with E-state index in [0.29, 0.717) is 5.95 Å². The van der Waals surface area contributed by atoms with Crippen molar-refractivity contribution in [2.24, 2.45) is 0 Å². The highest BCUT2D eigenvalue weighted by Crippen LogP contribution is 2.44. The molecule has 1 saturated carbocycles. The Morgan fingerprint density at radius 3 is 2.14 bits per heavy atom. The number of benzene rings is 1. The van der Waals surface area contributed by atoms with E-state index in [1.165, 1.54) is 24.5 Å².